The first-order valence-electron chi connectivity index (χ1n) is 14.7. The van der Waals surface area contributed by atoms with Crippen LogP contribution in [0.25, 0.3) is 0 Å². The van der Waals surface area contributed by atoms with Gasteiger partial charge in [-0.1, -0.05) is 58.4 Å². The Kier molecular flexibility index (Phi) is 11.0. The second-order valence-corrected chi connectivity index (χ2v) is 12.5. The maximum absolute atomic E-state index is 13.7. The number of alkyl carbamates (subject to hydrolysis) is 1. The average molecular weight is 544 g/mol. The van der Waals surface area contributed by atoms with Gasteiger partial charge in [0.2, 0.25) is 11.8 Å². The van der Waals surface area contributed by atoms with Crippen LogP contribution in [0.5, 0.6) is 0 Å². The Bertz CT molecular complexity index is 959. The number of hydrogen-bond donors (Lipinski definition) is 4. The van der Waals surface area contributed by atoms with Crippen LogP contribution in [0.2, 0.25) is 0 Å². The number of fused-ring (bicyclic) bond motifs is 1. The third kappa shape index (κ3) is 9.11. The van der Waals surface area contributed by atoms with E-state index in [4.69, 9.17) is 10.5 Å². The van der Waals surface area contributed by atoms with Crippen molar-refractivity contribution in [2.75, 3.05) is 12.3 Å². The van der Waals surface area contributed by atoms with Gasteiger partial charge in [0.05, 0.1) is 5.92 Å². The molecule has 1 aromatic rings. The van der Waals surface area contributed by atoms with E-state index in [0.29, 0.717) is 30.6 Å². The van der Waals surface area contributed by atoms with Crippen LogP contribution in [0.3, 0.4) is 0 Å². The van der Waals surface area contributed by atoms with Gasteiger partial charge in [-0.2, -0.15) is 0 Å². The lowest BCUT2D eigenvalue weighted by Gasteiger charge is -2.44. The fraction of sp³-hybridized carbons (Fsp3) is 0.733. The van der Waals surface area contributed by atoms with Gasteiger partial charge in [0.1, 0.15) is 17.5 Å². The molecule has 218 valence electrons. The molecule has 2 saturated carbocycles. The van der Waals surface area contributed by atoms with Crippen LogP contribution >= 0.6 is 0 Å². The van der Waals surface area contributed by atoms with Crippen LogP contribution in [0.1, 0.15) is 91.5 Å². The first kappa shape index (κ1) is 30.7. The molecule has 9 heteroatoms. The van der Waals surface area contributed by atoms with Crippen molar-refractivity contribution in [3.05, 3.63) is 23.9 Å². The Hall–Kier alpha value is -2.84. The van der Waals surface area contributed by atoms with Gasteiger partial charge in [-0.05, 0) is 68.9 Å². The molecule has 9 nitrogen and oxygen atoms in total. The highest BCUT2D eigenvalue weighted by Crippen LogP contribution is 2.46. The molecule has 0 spiro atoms. The molecule has 0 aliphatic heterocycles. The molecular weight excluding hydrogens is 494 g/mol. The largest absolute Gasteiger partial charge is 0.444 e. The van der Waals surface area contributed by atoms with Gasteiger partial charge in [0.25, 0.3) is 0 Å². The van der Waals surface area contributed by atoms with Crippen molar-refractivity contribution in [1.29, 1.82) is 0 Å². The summed E-state index contributed by atoms with van der Waals surface area (Å²) >= 11 is 0. The maximum atomic E-state index is 13.7. The number of carbonyl (C=O) groups excluding carboxylic acids is 3. The van der Waals surface area contributed by atoms with Crippen molar-refractivity contribution in [3.63, 3.8) is 0 Å². The quantitative estimate of drug-likeness (QED) is 0.342. The number of nitrogens with zero attached hydrogens (tertiary/aromatic N) is 1. The fourth-order valence-electron chi connectivity index (χ4n) is 6.24. The van der Waals surface area contributed by atoms with Gasteiger partial charge in [-0.3, -0.25) is 9.59 Å². The minimum absolute atomic E-state index is 0.0523. The van der Waals surface area contributed by atoms with Gasteiger partial charge in [0.15, 0.2) is 0 Å². The van der Waals surface area contributed by atoms with E-state index in [1.807, 2.05) is 19.9 Å². The second kappa shape index (κ2) is 14.0. The Morgan fingerprint density at radius 1 is 1.05 bits per heavy atom. The molecule has 1 heterocycles. The topological polar surface area (TPSA) is 135 Å². The summed E-state index contributed by atoms with van der Waals surface area (Å²) in [6, 6.07) is 2.83. The number of amides is 3. The highest BCUT2D eigenvalue weighted by Gasteiger charge is 2.41. The van der Waals surface area contributed by atoms with E-state index in [9.17, 15) is 14.4 Å². The number of anilines is 1. The minimum Gasteiger partial charge on any atom is -0.444 e. The highest BCUT2D eigenvalue weighted by molar-refractivity contribution is 5.87. The summed E-state index contributed by atoms with van der Waals surface area (Å²) in [4.78, 5) is 43.7. The molecule has 2 fully saturated rings. The number of pyridine rings is 1. The first-order chi connectivity index (χ1) is 18.5. The number of ether oxygens (including phenoxy) is 1. The average Bonchev–Trinajstić information content (AvgIpc) is 2.90. The molecule has 0 aromatic carbocycles. The van der Waals surface area contributed by atoms with Gasteiger partial charge in [-0.25, -0.2) is 9.78 Å². The summed E-state index contributed by atoms with van der Waals surface area (Å²) in [6.45, 7) is 9.87. The third-order valence-electron chi connectivity index (χ3n) is 8.46. The van der Waals surface area contributed by atoms with Crippen molar-refractivity contribution >= 4 is 23.7 Å². The molecule has 0 bridgehead atoms. The van der Waals surface area contributed by atoms with E-state index in [2.05, 4.69) is 20.9 Å². The number of carbonyl (C=O) groups is 3. The van der Waals surface area contributed by atoms with Crippen LogP contribution in [0.4, 0.5) is 10.6 Å². The van der Waals surface area contributed by atoms with Crippen LogP contribution < -0.4 is 21.7 Å². The molecule has 0 radical (unpaired) electrons. The molecule has 3 amide bonds. The van der Waals surface area contributed by atoms with E-state index < -0.39 is 17.7 Å². The predicted molar refractivity (Wildman–Crippen MR) is 152 cm³/mol. The zero-order chi connectivity index (χ0) is 28.6. The van der Waals surface area contributed by atoms with Gasteiger partial charge in [-0.15, -0.1) is 0 Å². The Morgan fingerprint density at radius 2 is 1.77 bits per heavy atom. The Balaban J connectivity index is 1.73. The molecule has 6 atom stereocenters. The molecule has 4 unspecified atom stereocenters. The van der Waals surface area contributed by atoms with Crippen molar-refractivity contribution in [1.82, 2.24) is 20.9 Å². The van der Waals surface area contributed by atoms with Crippen LogP contribution in [0, 0.1) is 29.6 Å². The molecule has 2 aliphatic carbocycles. The summed E-state index contributed by atoms with van der Waals surface area (Å²) in [6.07, 6.45) is 9.93. The summed E-state index contributed by atoms with van der Waals surface area (Å²) in [5.41, 5.74) is 5.91. The smallest absolute Gasteiger partial charge is 0.408 e. The lowest BCUT2D eigenvalue weighted by molar-refractivity contribution is -0.130. The van der Waals surface area contributed by atoms with Crippen LogP contribution in [-0.4, -0.2) is 41.1 Å². The van der Waals surface area contributed by atoms with Gasteiger partial charge >= 0.3 is 6.09 Å². The molecule has 5 N–H and O–H groups in total. The van der Waals surface area contributed by atoms with Crippen molar-refractivity contribution in [3.8, 4) is 0 Å². The number of nitrogens with one attached hydrogen (secondary N) is 3. The Morgan fingerprint density at radius 3 is 2.44 bits per heavy atom. The SMILES string of the molecule is CC[C@@H](C)C(NC(=O)OC(C)(C)C)C(=O)NC[C@H](C(=O)NCc1ccc(N)nc1)C1CCCC2CCCCC21. The summed E-state index contributed by atoms with van der Waals surface area (Å²) in [7, 11) is 0. The molecule has 2 aliphatic rings. The van der Waals surface area contributed by atoms with E-state index in [-0.39, 0.29) is 36.1 Å². The monoisotopic (exact) mass is 543 g/mol. The van der Waals surface area contributed by atoms with Crippen molar-refractivity contribution in [2.45, 2.75) is 104 Å². The van der Waals surface area contributed by atoms with Crippen LogP contribution in [-0.2, 0) is 20.9 Å². The number of nitrogens with two attached hydrogens (primary N) is 1. The second-order valence-electron chi connectivity index (χ2n) is 12.5. The standard InChI is InChI=1S/C30H49N5O4/c1-6-19(2)26(35-29(38)39-30(3,4)5)28(37)34-18-24(23-13-9-11-21-10-7-8-12-22(21)23)27(36)33-17-20-14-15-25(31)32-16-20/h14-16,19,21-24,26H,6-13,17-18H2,1-5H3,(H2,31,32)(H,33,36)(H,34,37)(H,35,38)/t19-,21?,22?,23?,24+,26?/m1/s1. The molecular formula is C30H49N5O4. The molecule has 3 rings (SSSR count). The van der Waals surface area contributed by atoms with Crippen molar-refractivity contribution < 1.29 is 19.1 Å². The maximum Gasteiger partial charge on any atom is 0.408 e. The van der Waals surface area contributed by atoms with Gasteiger partial charge in [0, 0.05) is 19.3 Å². The van der Waals surface area contributed by atoms with Gasteiger partial charge < -0.3 is 26.4 Å². The predicted octanol–water partition coefficient (Wildman–Crippen LogP) is 4.56. The normalized spacial score (nSPS) is 23.5. The number of nitrogen functional groups attached to an aromatic ring is 1. The zero-order valence-electron chi connectivity index (χ0n) is 24.4. The molecule has 39 heavy (non-hydrogen) atoms. The number of rotatable bonds is 10. The van der Waals surface area contributed by atoms with E-state index in [0.717, 1.165) is 24.8 Å². The van der Waals surface area contributed by atoms with E-state index in [1.165, 1.54) is 25.7 Å². The number of aromatic nitrogens is 1. The van der Waals surface area contributed by atoms with Crippen LogP contribution in [0.15, 0.2) is 18.3 Å². The lowest BCUT2D eigenvalue weighted by Crippen LogP contribution is -2.54. The summed E-state index contributed by atoms with van der Waals surface area (Å²) in [5, 5.41) is 8.90. The number of hydrogen-bond acceptors (Lipinski definition) is 6. The minimum atomic E-state index is -0.747. The summed E-state index contributed by atoms with van der Waals surface area (Å²) < 4.78 is 5.41. The fourth-order valence-corrected chi connectivity index (χ4v) is 6.24. The highest BCUT2D eigenvalue weighted by atomic mass is 16.6. The first-order valence-corrected chi connectivity index (χ1v) is 14.7. The van der Waals surface area contributed by atoms with Crippen molar-refractivity contribution in [2.24, 2.45) is 29.6 Å². The molecule has 1 aromatic heterocycles. The summed E-state index contributed by atoms with van der Waals surface area (Å²) in [5.74, 6) is 1.04. The third-order valence-corrected chi connectivity index (χ3v) is 8.46. The Labute approximate surface area is 233 Å². The zero-order valence-corrected chi connectivity index (χ0v) is 24.4. The van der Waals surface area contributed by atoms with E-state index >= 15 is 0 Å². The molecule has 0 saturated heterocycles. The lowest BCUT2D eigenvalue weighted by atomic mass is 9.62. The van der Waals surface area contributed by atoms with E-state index in [1.54, 1.807) is 33.0 Å².